The van der Waals surface area contributed by atoms with Crippen LogP contribution in [-0.2, 0) is 4.43 Å². The third kappa shape index (κ3) is 3.20. The van der Waals surface area contributed by atoms with E-state index in [2.05, 4.69) is 33.9 Å². The van der Waals surface area contributed by atoms with Gasteiger partial charge in [-0.3, -0.25) is 0 Å². The van der Waals surface area contributed by atoms with Gasteiger partial charge in [-0.2, -0.15) is 0 Å². The molecular weight excluding hydrogens is 220 g/mol. The Morgan fingerprint density at radius 1 is 1.44 bits per heavy atom. The summed E-state index contributed by atoms with van der Waals surface area (Å²) in [5.41, 5.74) is 0. The van der Waals surface area contributed by atoms with E-state index in [4.69, 9.17) is 8.84 Å². The minimum Gasteiger partial charge on any atom is -0.467 e. The zero-order valence-corrected chi connectivity index (χ0v) is 11.8. The summed E-state index contributed by atoms with van der Waals surface area (Å²) in [5, 5.41) is 10.0. The van der Waals surface area contributed by atoms with Crippen LogP contribution in [0.2, 0.25) is 18.1 Å². The second-order valence-corrected chi connectivity index (χ2v) is 10.4. The first-order valence-electron chi connectivity index (χ1n) is 5.59. The molecule has 0 amide bonds. The molecule has 1 heterocycles. The first-order valence-corrected chi connectivity index (χ1v) is 8.50. The molecule has 92 valence electrons. The van der Waals surface area contributed by atoms with E-state index in [1.54, 1.807) is 18.4 Å². The molecule has 0 bridgehead atoms. The van der Waals surface area contributed by atoms with Gasteiger partial charge in [0.15, 0.2) is 8.32 Å². The summed E-state index contributed by atoms with van der Waals surface area (Å²) in [7, 11) is -1.78. The summed E-state index contributed by atoms with van der Waals surface area (Å²) in [6.07, 6.45) is 0.898. The van der Waals surface area contributed by atoms with Crippen molar-refractivity contribution in [2.45, 2.75) is 45.0 Å². The van der Waals surface area contributed by atoms with Crippen LogP contribution in [0.3, 0.4) is 0 Å². The van der Waals surface area contributed by atoms with Crippen molar-refractivity contribution in [2.24, 2.45) is 0 Å². The van der Waals surface area contributed by atoms with E-state index in [0.717, 1.165) is 0 Å². The van der Waals surface area contributed by atoms with Crippen molar-refractivity contribution in [3.8, 4) is 0 Å². The van der Waals surface area contributed by atoms with Crippen LogP contribution in [0.1, 0.15) is 32.6 Å². The molecule has 0 aliphatic rings. The van der Waals surface area contributed by atoms with Gasteiger partial charge in [0.25, 0.3) is 0 Å². The van der Waals surface area contributed by atoms with Gasteiger partial charge in [0.2, 0.25) is 0 Å². The molecule has 0 saturated carbocycles. The highest BCUT2D eigenvalue weighted by Crippen LogP contribution is 2.37. The lowest BCUT2D eigenvalue weighted by molar-refractivity contribution is 0.0821. The van der Waals surface area contributed by atoms with E-state index < -0.39 is 14.4 Å². The lowest BCUT2D eigenvalue weighted by Crippen LogP contribution is -2.41. The van der Waals surface area contributed by atoms with Gasteiger partial charge in [0.05, 0.1) is 12.9 Å². The average molecular weight is 242 g/mol. The van der Waals surface area contributed by atoms with E-state index in [-0.39, 0.29) is 5.04 Å². The standard InChI is InChI=1S/C12H22O3Si/c1-12(2,3)16(4,5)15-9-10(13)11-7-6-8-14-11/h6-8,10,13H,9H2,1-5H3/t10-/m0/s1. The second kappa shape index (κ2) is 4.73. The molecule has 0 unspecified atom stereocenters. The number of aliphatic hydroxyl groups excluding tert-OH is 1. The molecule has 0 spiro atoms. The predicted molar refractivity (Wildman–Crippen MR) is 66.8 cm³/mol. The maximum Gasteiger partial charge on any atom is 0.192 e. The third-order valence-corrected chi connectivity index (χ3v) is 7.78. The minimum atomic E-state index is -1.78. The Labute approximate surface area is 98.6 Å². The van der Waals surface area contributed by atoms with E-state index in [9.17, 15) is 5.11 Å². The van der Waals surface area contributed by atoms with Crippen molar-refractivity contribution < 1.29 is 13.9 Å². The van der Waals surface area contributed by atoms with Crippen LogP contribution in [0.4, 0.5) is 0 Å². The molecule has 0 aromatic carbocycles. The Hall–Kier alpha value is -0.583. The molecule has 0 aliphatic heterocycles. The molecule has 1 aromatic rings. The number of rotatable bonds is 4. The number of hydrogen-bond acceptors (Lipinski definition) is 3. The van der Waals surface area contributed by atoms with Crippen LogP contribution in [0, 0.1) is 0 Å². The van der Waals surface area contributed by atoms with Crippen molar-refractivity contribution in [3.63, 3.8) is 0 Å². The largest absolute Gasteiger partial charge is 0.467 e. The molecule has 1 atom stereocenters. The van der Waals surface area contributed by atoms with Crippen LogP contribution < -0.4 is 0 Å². The van der Waals surface area contributed by atoms with Crippen LogP contribution in [0.15, 0.2) is 22.8 Å². The van der Waals surface area contributed by atoms with E-state index in [1.165, 1.54) is 0 Å². The highest BCUT2D eigenvalue weighted by atomic mass is 28.4. The summed E-state index contributed by atoms with van der Waals surface area (Å²) >= 11 is 0. The SMILES string of the molecule is CC(C)(C)[Si](C)(C)OC[C@H](O)c1ccco1. The molecule has 0 saturated heterocycles. The van der Waals surface area contributed by atoms with Gasteiger partial charge in [-0.15, -0.1) is 0 Å². The quantitative estimate of drug-likeness (QED) is 0.823. The zero-order valence-electron chi connectivity index (χ0n) is 10.8. The van der Waals surface area contributed by atoms with Crippen molar-refractivity contribution in [2.75, 3.05) is 6.61 Å². The Bertz CT molecular complexity index is 312. The predicted octanol–water partition coefficient (Wildman–Crippen LogP) is 3.33. The molecule has 1 rings (SSSR count). The van der Waals surface area contributed by atoms with Gasteiger partial charge in [0, 0.05) is 0 Å². The summed E-state index contributed by atoms with van der Waals surface area (Å²) in [4.78, 5) is 0. The Balaban J connectivity index is 2.52. The fraction of sp³-hybridized carbons (Fsp3) is 0.667. The van der Waals surface area contributed by atoms with Crippen molar-refractivity contribution >= 4 is 8.32 Å². The first kappa shape index (κ1) is 13.5. The van der Waals surface area contributed by atoms with Gasteiger partial charge in [-0.1, -0.05) is 20.8 Å². The van der Waals surface area contributed by atoms with Crippen LogP contribution in [-0.4, -0.2) is 20.0 Å². The molecule has 1 aromatic heterocycles. The molecule has 16 heavy (non-hydrogen) atoms. The molecule has 0 fully saturated rings. The highest BCUT2D eigenvalue weighted by Gasteiger charge is 2.37. The van der Waals surface area contributed by atoms with Crippen LogP contribution in [0.25, 0.3) is 0 Å². The minimum absolute atomic E-state index is 0.163. The van der Waals surface area contributed by atoms with E-state index >= 15 is 0 Å². The van der Waals surface area contributed by atoms with Crippen LogP contribution in [0.5, 0.6) is 0 Å². The Kier molecular flexibility index (Phi) is 3.99. The number of hydrogen-bond donors (Lipinski definition) is 1. The maximum absolute atomic E-state index is 9.84. The average Bonchev–Trinajstić information content (AvgIpc) is 2.65. The summed E-state index contributed by atoms with van der Waals surface area (Å²) in [6.45, 7) is 11.2. The summed E-state index contributed by atoms with van der Waals surface area (Å²) in [5.74, 6) is 0.568. The monoisotopic (exact) mass is 242 g/mol. The van der Waals surface area contributed by atoms with Gasteiger partial charge in [-0.05, 0) is 30.3 Å². The second-order valence-electron chi connectivity index (χ2n) is 5.60. The van der Waals surface area contributed by atoms with Crippen molar-refractivity contribution in [3.05, 3.63) is 24.2 Å². The van der Waals surface area contributed by atoms with Crippen molar-refractivity contribution in [1.82, 2.24) is 0 Å². The molecule has 0 aliphatic carbocycles. The van der Waals surface area contributed by atoms with E-state index in [1.807, 2.05) is 0 Å². The molecule has 0 radical (unpaired) electrons. The first-order chi connectivity index (χ1) is 7.24. The fourth-order valence-electron chi connectivity index (χ4n) is 1.07. The van der Waals surface area contributed by atoms with Gasteiger partial charge in [-0.25, -0.2) is 0 Å². The Morgan fingerprint density at radius 3 is 2.50 bits per heavy atom. The number of aliphatic hydroxyl groups is 1. The van der Waals surface area contributed by atoms with Gasteiger partial charge in [0.1, 0.15) is 11.9 Å². The highest BCUT2D eigenvalue weighted by molar-refractivity contribution is 6.74. The van der Waals surface area contributed by atoms with Gasteiger partial charge >= 0.3 is 0 Å². The van der Waals surface area contributed by atoms with E-state index in [0.29, 0.717) is 12.4 Å². The zero-order chi connectivity index (χ0) is 12.4. The number of furan rings is 1. The normalized spacial score (nSPS) is 15.1. The lowest BCUT2D eigenvalue weighted by Gasteiger charge is -2.36. The molecule has 4 heteroatoms. The molecule has 1 N–H and O–H groups in total. The van der Waals surface area contributed by atoms with Crippen molar-refractivity contribution in [1.29, 1.82) is 0 Å². The topological polar surface area (TPSA) is 42.6 Å². The lowest BCUT2D eigenvalue weighted by atomic mass is 10.2. The fourth-order valence-corrected chi connectivity index (χ4v) is 2.07. The van der Waals surface area contributed by atoms with Gasteiger partial charge < -0.3 is 13.9 Å². The molecule has 3 nitrogen and oxygen atoms in total. The Morgan fingerprint density at radius 2 is 2.06 bits per heavy atom. The third-order valence-electron chi connectivity index (χ3n) is 3.28. The molecular formula is C12H22O3Si. The summed E-state index contributed by atoms with van der Waals surface area (Å²) in [6, 6.07) is 3.53. The smallest absolute Gasteiger partial charge is 0.192 e. The summed E-state index contributed by atoms with van der Waals surface area (Å²) < 4.78 is 11.0. The van der Waals surface area contributed by atoms with Crippen LogP contribution >= 0.6 is 0 Å². The maximum atomic E-state index is 9.84.